The van der Waals surface area contributed by atoms with Crippen molar-refractivity contribution in [1.82, 2.24) is 5.32 Å². The van der Waals surface area contributed by atoms with Crippen LogP contribution in [0.1, 0.15) is 24.1 Å². The smallest absolute Gasteiger partial charge is 0.137 e. The van der Waals surface area contributed by atoms with Crippen molar-refractivity contribution in [1.29, 1.82) is 0 Å². The van der Waals surface area contributed by atoms with Crippen molar-refractivity contribution >= 4 is 27.5 Å². The Bertz CT molecular complexity index is 557. The molecule has 0 saturated heterocycles. The van der Waals surface area contributed by atoms with Gasteiger partial charge in [0.2, 0.25) is 0 Å². The van der Waals surface area contributed by atoms with Gasteiger partial charge in [-0.2, -0.15) is 0 Å². The summed E-state index contributed by atoms with van der Waals surface area (Å²) in [6.07, 6.45) is 0. The highest BCUT2D eigenvalue weighted by Crippen LogP contribution is 2.22. The minimum absolute atomic E-state index is 0.174. The van der Waals surface area contributed by atoms with Gasteiger partial charge in [-0.25, -0.2) is 4.39 Å². The largest absolute Gasteiger partial charge is 0.306 e. The Kier molecular flexibility index (Phi) is 4.97. The summed E-state index contributed by atoms with van der Waals surface area (Å²) in [5.74, 6) is -0.238. The second-order valence-corrected chi connectivity index (χ2v) is 5.60. The Morgan fingerprint density at radius 2 is 1.89 bits per heavy atom. The van der Waals surface area contributed by atoms with Crippen LogP contribution < -0.4 is 5.32 Å². The maximum Gasteiger partial charge on any atom is 0.137 e. The van der Waals surface area contributed by atoms with Crippen LogP contribution in [0.3, 0.4) is 0 Å². The fourth-order valence-corrected chi connectivity index (χ4v) is 2.35. The SMILES string of the molecule is C[C@@H](NCc1cccc(F)c1Br)c1ccc(Cl)cc1. The summed E-state index contributed by atoms with van der Waals surface area (Å²) in [7, 11) is 0. The van der Waals surface area contributed by atoms with Gasteiger partial charge in [0, 0.05) is 17.6 Å². The van der Waals surface area contributed by atoms with Gasteiger partial charge in [-0.1, -0.05) is 35.9 Å². The lowest BCUT2D eigenvalue weighted by molar-refractivity contribution is 0.566. The predicted molar refractivity (Wildman–Crippen MR) is 80.8 cm³/mol. The minimum Gasteiger partial charge on any atom is -0.306 e. The third-order valence-electron chi connectivity index (χ3n) is 3.00. The van der Waals surface area contributed by atoms with Gasteiger partial charge in [-0.05, 0) is 52.2 Å². The monoisotopic (exact) mass is 341 g/mol. The lowest BCUT2D eigenvalue weighted by Gasteiger charge is -2.15. The molecule has 2 aromatic carbocycles. The van der Waals surface area contributed by atoms with Crippen molar-refractivity contribution in [2.45, 2.75) is 19.5 Å². The predicted octanol–water partition coefficient (Wildman–Crippen LogP) is 5.09. The highest BCUT2D eigenvalue weighted by atomic mass is 79.9. The molecule has 0 saturated carbocycles. The second kappa shape index (κ2) is 6.51. The Labute approximate surface area is 125 Å². The number of nitrogens with one attached hydrogen (secondary N) is 1. The van der Waals surface area contributed by atoms with E-state index in [0.717, 1.165) is 16.1 Å². The van der Waals surface area contributed by atoms with E-state index in [1.807, 2.05) is 30.3 Å². The van der Waals surface area contributed by atoms with E-state index in [1.54, 1.807) is 6.07 Å². The molecule has 4 heteroatoms. The summed E-state index contributed by atoms with van der Waals surface area (Å²) in [6, 6.07) is 12.9. The maximum absolute atomic E-state index is 13.4. The lowest BCUT2D eigenvalue weighted by atomic mass is 10.1. The van der Waals surface area contributed by atoms with Crippen molar-refractivity contribution in [2.24, 2.45) is 0 Å². The molecular formula is C15H14BrClFN. The van der Waals surface area contributed by atoms with E-state index in [-0.39, 0.29) is 11.9 Å². The van der Waals surface area contributed by atoms with Crippen LogP contribution in [0.15, 0.2) is 46.9 Å². The Balaban J connectivity index is 2.02. The summed E-state index contributed by atoms with van der Waals surface area (Å²) < 4.78 is 13.9. The summed E-state index contributed by atoms with van der Waals surface area (Å²) in [4.78, 5) is 0. The van der Waals surface area contributed by atoms with Gasteiger partial charge >= 0.3 is 0 Å². The van der Waals surface area contributed by atoms with Crippen LogP contribution in [0.2, 0.25) is 5.02 Å². The number of hydrogen-bond donors (Lipinski definition) is 1. The van der Waals surface area contributed by atoms with Crippen molar-refractivity contribution < 1.29 is 4.39 Å². The molecule has 19 heavy (non-hydrogen) atoms. The molecule has 2 aromatic rings. The van der Waals surface area contributed by atoms with Crippen molar-refractivity contribution in [3.05, 3.63) is 68.9 Å². The molecule has 0 unspecified atom stereocenters. The van der Waals surface area contributed by atoms with Gasteiger partial charge < -0.3 is 5.32 Å². The van der Waals surface area contributed by atoms with Crippen LogP contribution in [0.25, 0.3) is 0 Å². The molecule has 0 aliphatic heterocycles. The van der Waals surface area contributed by atoms with E-state index in [4.69, 9.17) is 11.6 Å². The van der Waals surface area contributed by atoms with E-state index in [9.17, 15) is 4.39 Å². The van der Waals surface area contributed by atoms with Crippen LogP contribution in [0, 0.1) is 5.82 Å². The van der Waals surface area contributed by atoms with Gasteiger partial charge in [-0.3, -0.25) is 0 Å². The van der Waals surface area contributed by atoms with Crippen LogP contribution in [-0.2, 0) is 6.54 Å². The molecule has 0 aromatic heterocycles. The molecule has 0 heterocycles. The third kappa shape index (κ3) is 3.78. The molecule has 0 amide bonds. The molecule has 0 radical (unpaired) electrons. The number of benzene rings is 2. The standard InChI is InChI=1S/C15H14BrClFN/c1-10(11-5-7-13(17)8-6-11)19-9-12-3-2-4-14(18)15(12)16/h2-8,10,19H,9H2,1H3/t10-/m1/s1. The van der Waals surface area contributed by atoms with Crippen molar-refractivity contribution in [3.63, 3.8) is 0 Å². The van der Waals surface area contributed by atoms with Crippen LogP contribution in [0.4, 0.5) is 4.39 Å². The van der Waals surface area contributed by atoms with Crippen LogP contribution in [0.5, 0.6) is 0 Å². The molecule has 0 bridgehead atoms. The third-order valence-corrected chi connectivity index (χ3v) is 4.14. The van der Waals surface area contributed by atoms with E-state index in [0.29, 0.717) is 11.0 Å². The van der Waals surface area contributed by atoms with E-state index in [2.05, 4.69) is 28.2 Å². The fourth-order valence-electron chi connectivity index (χ4n) is 1.82. The minimum atomic E-state index is -0.238. The first-order valence-electron chi connectivity index (χ1n) is 5.99. The van der Waals surface area contributed by atoms with Gasteiger partial charge in [0.25, 0.3) is 0 Å². The van der Waals surface area contributed by atoms with Crippen molar-refractivity contribution in [3.8, 4) is 0 Å². The molecule has 100 valence electrons. The van der Waals surface area contributed by atoms with Crippen molar-refractivity contribution in [2.75, 3.05) is 0 Å². The topological polar surface area (TPSA) is 12.0 Å². The van der Waals surface area contributed by atoms with Gasteiger partial charge in [0.15, 0.2) is 0 Å². The zero-order valence-electron chi connectivity index (χ0n) is 10.5. The Morgan fingerprint density at radius 3 is 2.58 bits per heavy atom. The molecule has 0 fully saturated rings. The van der Waals surface area contributed by atoms with Crippen LogP contribution in [-0.4, -0.2) is 0 Å². The second-order valence-electron chi connectivity index (χ2n) is 4.37. The first-order valence-corrected chi connectivity index (χ1v) is 7.17. The first-order chi connectivity index (χ1) is 9.08. The Hall–Kier alpha value is -0.900. The quantitative estimate of drug-likeness (QED) is 0.816. The first kappa shape index (κ1) is 14.5. The molecule has 0 spiro atoms. The van der Waals surface area contributed by atoms with E-state index < -0.39 is 0 Å². The molecule has 0 aliphatic rings. The maximum atomic E-state index is 13.4. The fraction of sp³-hybridized carbons (Fsp3) is 0.200. The average molecular weight is 343 g/mol. The van der Waals surface area contributed by atoms with E-state index in [1.165, 1.54) is 6.07 Å². The summed E-state index contributed by atoms with van der Waals surface area (Å²) >= 11 is 9.12. The highest BCUT2D eigenvalue weighted by Gasteiger charge is 2.08. The molecule has 1 atom stereocenters. The van der Waals surface area contributed by atoms with Crippen LogP contribution >= 0.6 is 27.5 Å². The molecule has 0 aliphatic carbocycles. The number of rotatable bonds is 4. The highest BCUT2D eigenvalue weighted by molar-refractivity contribution is 9.10. The van der Waals surface area contributed by atoms with E-state index >= 15 is 0 Å². The molecular weight excluding hydrogens is 329 g/mol. The van der Waals surface area contributed by atoms with Gasteiger partial charge in [0.1, 0.15) is 5.82 Å². The molecule has 2 rings (SSSR count). The molecule has 1 nitrogen and oxygen atoms in total. The Morgan fingerprint density at radius 1 is 1.21 bits per heavy atom. The number of halogens is 3. The van der Waals surface area contributed by atoms with Gasteiger partial charge in [-0.15, -0.1) is 0 Å². The summed E-state index contributed by atoms with van der Waals surface area (Å²) in [5, 5.41) is 4.09. The normalized spacial score (nSPS) is 12.4. The van der Waals surface area contributed by atoms with Gasteiger partial charge in [0.05, 0.1) is 4.47 Å². The average Bonchev–Trinajstić information content (AvgIpc) is 2.41. The zero-order valence-corrected chi connectivity index (χ0v) is 12.8. The summed E-state index contributed by atoms with van der Waals surface area (Å²) in [6.45, 7) is 2.67. The lowest BCUT2D eigenvalue weighted by Crippen LogP contribution is -2.18. The number of hydrogen-bond acceptors (Lipinski definition) is 1. The molecule has 1 N–H and O–H groups in total. The zero-order chi connectivity index (χ0) is 13.8. The summed E-state index contributed by atoms with van der Waals surface area (Å²) in [5.41, 5.74) is 2.05.